The van der Waals surface area contributed by atoms with Crippen LogP contribution in [0.3, 0.4) is 0 Å². The van der Waals surface area contributed by atoms with Gasteiger partial charge in [-0.2, -0.15) is 0 Å². The van der Waals surface area contributed by atoms with Gasteiger partial charge in [-0.25, -0.2) is 0 Å². The quantitative estimate of drug-likeness (QED) is 0.627. The molecule has 5 nitrogen and oxygen atoms in total. The Morgan fingerprint density at radius 2 is 2.10 bits per heavy atom. The van der Waals surface area contributed by atoms with Crippen LogP contribution in [0.5, 0.6) is 0 Å². The van der Waals surface area contributed by atoms with Crippen molar-refractivity contribution in [2.24, 2.45) is 4.99 Å². The lowest BCUT2D eigenvalue weighted by Gasteiger charge is -2.33. The molecule has 0 saturated carbocycles. The Bertz CT molecular complexity index is 371. The molecule has 114 valence electrons. The first-order valence-electron chi connectivity index (χ1n) is 7.27. The predicted octanol–water partition coefficient (Wildman–Crippen LogP) is 1.07. The fourth-order valence-corrected chi connectivity index (χ4v) is 3.08. The number of carbonyl (C=O) groups is 2. The summed E-state index contributed by atoms with van der Waals surface area (Å²) in [5.41, 5.74) is 0. The van der Waals surface area contributed by atoms with E-state index in [2.05, 4.69) is 18.8 Å². The van der Waals surface area contributed by atoms with Crippen molar-refractivity contribution in [3.05, 3.63) is 0 Å². The van der Waals surface area contributed by atoms with Crippen LogP contribution in [0.2, 0.25) is 0 Å². The lowest BCUT2D eigenvalue weighted by atomic mass is 10.2. The molecule has 1 atom stereocenters. The van der Waals surface area contributed by atoms with Crippen LogP contribution in [0.25, 0.3) is 0 Å². The third-order valence-corrected chi connectivity index (χ3v) is 4.43. The zero-order valence-corrected chi connectivity index (χ0v) is 13.1. The van der Waals surface area contributed by atoms with Gasteiger partial charge in [-0.1, -0.05) is 38.5 Å². The number of unbranched alkanes of at least 4 members (excludes halogenated alkanes) is 2. The van der Waals surface area contributed by atoms with Crippen molar-refractivity contribution >= 4 is 28.7 Å². The molecule has 0 aliphatic carbocycles. The van der Waals surface area contributed by atoms with Crippen LogP contribution in [0.1, 0.15) is 46.0 Å². The first-order chi connectivity index (χ1) is 9.58. The average Bonchev–Trinajstić information content (AvgIpc) is 2.40. The van der Waals surface area contributed by atoms with E-state index in [0.29, 0.717) is 0 Å². The molecule has 20 heavy (non-hydrogen) atoms. The lowest BCUT2D eigenvalue weighted by Crippen LogP contribution is -2.46. The molecule has 1 aliphatic heterocycles. The largest absolute Gasteiger partial charge is 0.550 e. The van der Waals surface area contributed by atoms with E-state index in [1.165, 1.54) is 11.8 Å². The summed E-state index contributed by atoms with van der Waals surface area (Å²) in [6.45, 7) is 6.01. The molecule has 1 unspecified atom stereocenters. The molecule has 0 aromatic heterocycles. The van der Waals surface area contributed by atoms with Crippen molar-refractivity contribution < 1.29 is 14.7 Å². The maximum absolute atomic E-state index is 12.0. The highest BCUT2D eigenvalue weighted by molar-refractivity contribution is 8.15. The Kier molecular flexibility index (Phi) is 7.65. The van der Waals surface area contributed by atoms with Gasteiger partial charge in [-0.3, -0.25) is 9.79 Å². The number of Topliss-reactive ketones (excluding diaryl/α,β-unsaturated/α-hetero) is 1. The minimum absolute atomic E-state index is 0.0373. The highest BCUT2D eigenvalue weighted by Crippen LogP contribution is 2.26. The van der Waals surface area contributed by atoms with E-state index in [4.69, 9.17) is 0 Å². The van der Waals surface area contributed by atoms with Crippen molar-refractivity contribution in [3.63, 3.8) is 0 Å². The van der Waals surface area contributed by atoms with Crippen molar-refractivity contribution in [1.29, 1.82) is 0 Å². The van der Waals surface area contributed by atoms with E-state index < -0.39 is 11.2 Å². The number of carbonyl (C=O) groups excluding carboxylic acids is 2. The highest BCUT2D eigenvalue weighted by atomic mass is 32.2. The first kappa shape index (κ1) is 17.0. The number of aliphatic carboxylic acids is 1. The first-order valence-corrected chi connectivity index (χ1v) is 8.15. The summed E-state index contributed by atoms with van der Waals surface area (Å²) in [6, 6.07) is 0. The SMILES string of the molecule is CCCCN=C1SC(CC(=O)[O-])C(=O)CN1CCCC. The van der Waals surface area contributed by atoms with Crippen molar-refractivity contribution in [1.82, 2.24) is 4.90 Å². The van der Waals surface area contributed by atoms with Gasteiger partial charge in [-0.15, -0.1) is 0 Å². The molecule has 1 rings (SSSR count). The summed E-state index contributed by atoms with van der Waals surface area (Å²) in [5.74, 6) is -1.21. The fourth-order valence-electron chi connectivity index (χ4n) is 1.93. The number of rotatable bonds is 8. The third-order valence-electron chi connectivity index (χ3n) is 3.12. The number of ketones is 1. The van der Waals surface area contributed by atoms with E-state index in [1.807, 2.05) is 4.90 Å². The van der Waals surface area contributed by atoms with E-state index in [-0.39, 0.29) is 18.7 Å². The van der Waals surface area contributed by atoms with Gasteiger partial charge < -0.3 is 14.8 Å². The number of hydrogen-bond acceptors (Lipinski definition) is 5. The molecule has 0 bridgehead atoms. The lowest BCUT2D eigenvalue weighted by molar-refractivity contribution is -0.305. The normalized spacial score (nSPS) is 21.5. The molecule has 0 amide bonds. The Morgan fingerprint density at radius 3 is 2.70 bits per heavy atom. The molecule has 1 aliphatic rings. The Balaban J connectivity index is 2.72. The fraction of sp³-hybridized carbons (Fsp3) is 0.786. The number of hydrogen-bond donors (Lipinski definition) is 0. The van der Waals surface area contributed by atoms with Crippen molar-refractivity contribution in [3.8, 4) is 0 Å². The molecule has 0 radical (unpaired) electrons. The molecule has 1 saturated heterocycles. The molecule has 0 spiro atoms. The topological polar surface area (TPSA) is 72.8 Å². The smallest absolute Gasteiger partial charge is 0.165 e. The molecule has 0 aromatic rings. The van der Waals surface area contributed by atoms with Crippen LogP contribution < -0.4 is 5.11 Å². The summed E-state index contributed by atoms with van der Waals surface area (Å²) in [6.07, 6.45) is 3.91. The summed E-state index contributed by atoms with van der Waals surface area (Å²) in [4.78, 5) is 29.2. The monoisotopic (exact) mass is 299 g/mol. The Labute approximate surface area is 124 Å². The van der Waals surface area contributed by atoms with Crippen LogP contribution in [-0.4, -0.2) is 46.7 Å². The predicted molar refractivity (Wildman–Crippen MR) is 79.7 cm³/mol. The summed E-state index contributed by atoms with van der Waals surface area (Å²) < 4.78 is 0. The number of thioether (sulfide) groups is 1. The summed E-state index contributed by atoms with van der Waals surface area (Å²) in [7, 11) is 0. The van der Waals surface area contributed by atoms with Gasteiger partial charge in [0.25, 0.3) is 0 Å². The third kappa shape index (κ3) is 5.53. The second-order valence-electron chi connectivity index (χ2n) is 4.94. The number of nitrogens with zero attached hydrogens (tertiary/aromatic N) is 2. The highest BCUT2D eigenvalue weighted by Gasteiger charge is 2.31. The number of carboxylic acids is 1. The number of carboxylic acid groups (broad SMARTS) is 1. The van der Waals surface area contributed by atoms with Gasteiger partial charge >= 0.3 is 0 Å². The van der Waals surface area contributed by atoms with Gasteiger partial charge in [0.15, 0.2) is 11.0 Å². The van der Waals surface area contributed by atoms with Crippen LogP contribution >= 0.6 is 11.8 Å². The maximum Gasteiger partial charge on any atom is 0.165 e. The molecule has 1 fully saturated rings. The van der Waals surface area contributed by atoms with Crippen LogP contribution in [0.4, 0.5) is 0 Å². The van der Waals surface area contributed by atoms with Gasteiger partial charge in [0.1, 0.15) is 0 Å². The van der Waals surface area contributed by atoms with Gasteiger partial charge in [0.2, 0.25) is 0 Å². The van der Waals surface area contributed by atoms with E-state index in [1.54, 1.807) is 0 Å². The molecule has 6 heteroatoms. The molecule has 0 aromatic carbocycles. The minimum Gasteiger partial charge on any atom is -0.550 e. The maximum atomic E-state index is 12.0. The molecule has 1 heterocycles. The Hall–Kier alpha value is -1.04. The van der Waals surface area contributed by atoms with Crippen LogP contribution in [0.15, 0.2) is 4.99 Å². The number of amidine groups is 1. The standard InChI is InChI=1S/C14H24N2O3S/c1-3-5-7-15-14-16(8-6-4-2)10-11(17)12(20-14)9-13(18)19/h12H,3-10H2,1-2H3,(H,18,19)/p-1. The summed E-state index contributed by atoms with van der Waals surface area (Å²) >= 11 is 1.28. The van der Waals surface area contributed by atoms with Gasteiger partial charge in [-0.05, 0) is 12.8 Å². The Morgan fingerprint density at radius 1 is 1.40 bits per heavy atom. The molecule has 0 N–H and O–H groups in total. The summed E-state index contributed by atoms with van der Waals surface area (Å²) in [5, 5.41) is 11.0. The van der Waals surface area contributed by atoms with Gasteiger partial charge in [0, 0.05) is 25.5 Å². The second-order valence-corrected chi connectivity index (χ2v) is 6.11. The van der Waals surface area contributed by atoms with Crippen LogP contribution in [-0.2, 0) is 9.59 Å². The van der Waals surface area contributed by atoms with E-state index >= 15 is 0 Å². The minimum atomic E-state index is -1.18. The van der Waals surface area contributed by atoms with Crippen LogP contribution in [0, 0.1) is 0 Å². The van der Waals surface area contributed by atoms with E-state index in [0.717, 1.165) is 43.9 Å². The molecular formula is C14H23N2O3S-. The van der Waals surface area contributed by atoms with Crippen molar-refractivity contribution in [2.45, 2.75) is 51.2 Å². The average molecular weight is 299 g/mol. The van der Waals surface area contributed by atoms with Gasteiger partial charge in [0.05, 0.1) is 11.8 Å². The van der Waals surface area contributed by atoms with E-state index in [9.17, 15) is 14.7 Å². The zero-order chi connectivity index (χ0) is 15.0. The van der Waals surface area contributed by atoms with Crippen molar-refractivity contribution in [2.75, 3.05) is 19.6 Å². The second kappa shape index (κ2) is 9.00. The zero-order valence-electron chi connectivity index (χ0n) is 12.3. The number of aliphatic imine (C=N–C) groups is 1. The molecular weight excluding hydrogens is 276 g/mol.